The Balaban J connectivity index is 2.16. The highest BCUT2D eigenvalue weighted by Crippen LogP contribution is 2.36. The van der Waals surface area contributed by atoms with Gasteiger partial charge in [0, 0.05) is 0 Å². The van der Waals surface area contributed by atoms with Gasteiger partial charge in [0.2, 0.25) is 0 Å². The zero-order valence-corrected chi connectivity index (χ0v) is 10.1. The molecule has 2 N–H and O–H groups in total. The molecule has 1 fully saturated rings. The molecule has 1 aromatic rings. The normalized spacial score (nSPS) is 22.4. The van der Waals surface area contributed by atoms with Crippen molar-refractivity contribution in [3.05, 3.63) is 33.6 Å². The third kappa shape index (κ3) is 2.43. The van der Waals surface area contributed by atoms with Crippen LogP contribution in [0.2, 0.25) is 0 Å². The van der Waals surface area contributed by atoms with E-state index < -0.39 is 10.7 Å². The van der Waals surface area contributed by atoms with Crippen LogP contribution in [0, 0.1) is 28.8 Å². The number of nitro benzene ring substituents is 1. The van der Waals surface area contributed by atoms with E-state index in [0.717, 1.165) is 18.9 Å². The Bertz CT molecular complexity index is 473. The number of rotatable bonds is 4. The third-order valence-electron chi connectivity index (χ3n) is 3.26. The van der Waals surface area contributed by atoms with Crippen molar-refractivity contribution in [3.8, 4) is 5.75 Å². The molecule has 0 saturated heterocycles. The predicted molar refractivity (Wildman–Crippen MR) is 64.0 cm³/mol. The fraction of sp³-hybridized carbons (Fsp3) is 0.500. The first-order valence-corrected chi connectivity index (χ1v) is 5.82. The molecule has 0 unspecified atom stereocenters. The first kappa shape index (κ1) is 12.8. The van der Waals surface area contributed by atoms with Gasteiger partial charge in [-0.15, -0.1) is 0 Å². The Labute approximate surface area is 104 Å². The van der Waals surface area contributed by atoms with E-state index in [2.05, 4.69) is 0 Å². The summed E-state index contributed by atoms with van der Waals surface area (Å²) in [5.41, 5.74) is 5.51. The molecule has 1 aromatic carbocycles. The SMILES string of the molecule is Cc1cc(OC2CC(CN)C2)c([N+](=O)[O-])cc1F. The van der Waals surface area contributed by atoms with E-state index in [0.29, 0.717) is 18.0 Å². The third-order valence-corrected chi connectivity index (χ3v) is 3.26. The van der Waals surface area contributed by atoms with E-state index in [-0.39, 0.29) is 17.5 Å². The number of hydrogen-bond acceptors (Lipinski definition) is 4. The number of nitrogens with zero attached hydrogens (tertiary/aromatic N) is 1. The topological polar surface area (TPSA) is 78.4 Å². The molecule has 0 spiro atoms. The fourth-order valence-electron chi connectivity index (χ4n) is 2.02. The average Bonchev–Trinajstić information content (AvgIpc) is 2.26. The summed E-state index contributed by atoms with van der Waals surface area (Å²) in [4.78, 5) is 10.2. The Morgan fingerprint density at radius 2 is 2.22 bits per heavy atom. The van der Waals surface area contributed by atoms with Crippen LogP contribution in [0.4, 0.5) is 10.1 Å². The molecule has 0 heterocycles. The number of nitro groups is 1. The molecule has 18 heavy (non-hydrogen) atoms. The van der Waals surface area contributed by atoms with Crippen LogP contribution in [-0.2, 0) is 0 Å². The predicted octanol–water partition coefficient (Wildman–Crippen LogP) is 2.16. The summed E-state index contributed by atoms with van der Waals surface area (Å²) >= 11 is 0. The van der Waals surface area contributed by atoms with Crippen molar-refractivity contribution in [2.24, 2.45) is 11.7 Å². The minimum absolute atomic E-state index is 0.0536. The molecule has 0 radical (unpaired) electrons. The standard InChI is InChI=1S/C12H15FN2O3/c1-7-2-12(11(15(16)17)5-10(7)13)18-9-3-8(4-9)6-14/h2,5,8-9H,3-4,6,14H2,1H3. The second-order valence-corrected chi connectivity index (χ2v) is 4.64. The zero-order valence-electron chi connectivity index (χ0n) is 10.1. The molecule has 6 heteroatoms. The summed E-state index contributed by atoms with van der Waals surface area (Å²) < 4.78 is 18.8. The quantitative estimate of drug-likeness (QED) is 0.659. The maximum atomic E-state index is 13.3. The lowest BCUT2D eigenvalue weighted by molar-refractivity contribution is -0.386. The zero-order chi connectivity index (χ0) is 13.3. The molecule has 0 amide bonds. The summed E-state index contributed by atoms with van der Waals surface area (Å²) in [6, 6.07) is 2.28. The van der Waals surface area contributed by atoms with Gasteiger partial charge in [0.05, 0.1) is 17.1 Å². The summed E-state index contributed by atoms with van der Waals surface area (Å²) in [5, 5.41) is 10.8. The summed E-state index contributed by atoms with van der Waals surface area (Å²) in [6.45, 7) is 2.15. The maximum Gasteiger partial charge on any atom is 0.313 e. The van der Waals surface area contributed by atoms with Crippen molar-refractivity contribution >= 4 is 5.69 Å². The van der Waals surface area contributed by atoms with E-state index in [4.69, 9.17) is 10.5 Å². The van der Waals surface area contributed by atoms with Gasteiger partial charge in [-0.2, -0.15) is 0 Å². The Morgan fingerprint density at radius 1 is 1.56 bits per heavy atom. The summed E-state index contributed by atoms with van der Waals surface area (Å²) in [5.74, 6) is -0.0301. The van der Waals surface area contributed by atoms with Crippen LogP contribution in [0.5, 0.6) is 5.75 Å². The Kier molecular flexibility index (Phi) is 3.47. The van der Waals surface area contributed by atoms with Gasteiger partial charge >= 0.3 is 5.69 Å². The molecule has 1 saturated carbocycles. The smallest absolute Gasteiger partial charge is 0.313 e. The number of nitrogens with two attached hydrogens (primary N) is 1. The molecule has 98 valence electrons. The van der Waals surface area contributed by atoms with Gasteiger partial charge in [0.15, 0.2) is 5.75 Å². The molecule has 0 aliphatic heterocycles. The largest absolute Gasteiger partial charge is 0.483 e. The van der Waals surface area contributed by atoms with Crippen molar-refractivity contribution in [2.45, 2.75) is 25.9 Å². The number of benzene rings is 1. The fourth-order valence-corrected chi connectivity index (χ4v) is 2.02. The van der Waals surface area contributed by atoms with Gasteiger partial charge in [-0.25, -0.2) is 4.39 Å². The number of aryl methyl sites for hydroxylation is 1. The molecule has 1 aliphatic carbocycles. The molecule has 0 atom stereocenters. The van der Waals surface area contributed by atoms with E-state index in [1.54, 1.807) is 6.92 Å². The first-order valence-electron chi connectivity index (χ1n) is 5.82. The van der Waals surface area contributed by atoms with Gasteiger partial charge in [-0.05, 0) is 43.9 Å². The van der Waals surface area contributed by atoms with Gasteiger partial charge in [-0.3, -0.25) is 10.1 Å². The van der Waals surface area contributed by atoms with Gasteiger partial charge < -0.3 is 10.5 Å². The monoisotopic (exact) mass is 254 g/mol. The van der Waals surface area contributed by atoms with Crippen molar-refractivity contribution in [3.63, 3.8) is 0 Å². The van der Waals surface area contributed by atoms with Crippen molar-refractivity contribution in [1.29, 1.82) is 0 Å². The Morgan fingerprint density at radius 3 is 2.78 bits per heavy atom. The Hall–Kier alpha value is -1.69. The highest BCUT2D eigenvalue weighted by Gasteiger charge is 2.31. The average molecular weight is 254 g/mol. The van der Waals surface area contributed by atoms with Crippen LogP contribution >= 0.6 is 0 Å². The van der Waals surface area contributed by atoms with Gasteiger partial charge in [-0.1, -0.05) is 0 Å². The molecule has 5 nitrogen and oxygen atoms in total. The lowest BCUT2D eigenvalue weighted by Gasteiger charge is -2.34. The van der Waals surface area contributed by atoms with E-state index in [1.165, 1.54) is 6.07 Å². The maximum absolute atomic E-state index is 13.3. The van der Waals surface area contributed by atoms with Crippen LogP contribution in [0.25, 0.3) is 0 Å². The van der Waals surface area contributed by atoms with Crippen LogP contribution in [0.3, 0.4) is 0 Å². The molecule has 0 aromatic heterocycles. The molecular weight excluding hydrogens is 239 g/mol. The van der Waals surface area contributed by atoms with Gasteiger partial charge in [0.25, 0.3) is 0 Å². The summed E-state index contributed by atoms with van der Waals surface area (Å²) in [6.07, 6.45) is 1.54. The second-order valence-electron chi connectivity index (χ2n) is 4.64. The number of ether oxygens (including phenoxy) is 1. The minimum atomic E-state index is -0.628. The lowest BCUT2D eigenvalue weighted by Crippen LogP contribution is -2.37. The van der Waals surface area contributed by atoms with Crippen LogP contribution in [-0.4, -0.2) is 17.6 Å². The number of hydrogen-bond donors (Lipinski definition) is 1. The van der Waals surface area contributed by atoms with E-state index >= 15 is 0 Å². The second kappa shape index (κ2) is 4.89. The highest BCUT2D eigenvalue weighted by molar-refractivity contribution is 5.49. The van der Waals surface area contributed by atoms with Crippen molar-refractivity contribution in [1.82, 2.24) is 0 Å². The molecule has 2 rings (SSSR count). The molecule has 1 aliphatic rings. The van der Waals surface area contributed by atoms with E-state index in [9.17, 15) is 14.5 Å². The van der Waals surface area contributed by atoms with Crippen LogP contribution < -0.4 is 10.5 Å². The molecule has 0 bridgehead atoms. The number of halogens is 1. The minimum Gasteiger partial charge on any atom is -0.483 e. The van der Waals surface area contributed by atoms with E-state index in [1.807, 2.05) is 0 Å². The van der Waals surface area contributed by atoms with Gasteiger partial charge in [0.1, 0.15) is 5.82 Å². The van der Waals surface area contributed by atoms with Crippen LogP contribution in [0.15, 0.2) is 12.1 Å². The highest BCUT2D eigenvalue weighted by atomic mass is 19.1. The van der Waals surface area contributed by atoms with Crippen molar-refractivity contribution in [2.75, 3.05) is 6.54 Å². The summed E-state index contributed by atoms with van der Waals surface area (Å²) in [7, 11) is 0. The molecular formula is C12H15FN2O3. The van der Waals surface area contributed by atoms with Crippen LogP contribution in [0.1, 0.15) is 18.4 Å². The lowest BCUT2D eigenvalue weighted by atomic mass is 9.82. The van der Waals surface area contributed by atoms with Crippen molar-refractivity contribution < 1.29 is 14.1 Å². The first-order chi connectivity index (χ1) is 8.51.